The van der Waals surface area contributed by atoms with Gasteiger partial charge in [0, 0.05) is 103 Å². The van der Waals surface area contributed by atoms with Crippen LogP contribution in [0.2, 0.25) is 0 Å². The topological polar surface area (TPSA) is 211 Å². The van der Waals surface area contributed by atoms with Crippen LogP contribution in [0.1, 0.15) is 94.8 Å². The summed E-state index contributed by atoms with van der Waals surface area (Å²) in [4.78, 5) is 52.3. The number of pyridine rings is 2. The van der Waals surface area contributed by atoms with Gasteiger partial charge in [-0.05, 0) is 127 Å². The number of aromatic nitrogens is 6. The van der Waals surface area contributed by atoms with Gasteiger partial charge in [0.1, 0.15) is 34.6 Å². The molecule has 6 heterocycles. The van der Waals surface area contributed by atoms with Gasteiger partial charge in [-0.1, -0.05) is 33.1 Å². The third-order valence-electron chi connectivity index (χ3n) is 13.9. The van der Waals surface area contributed by atoms with Crippen LogP contribution in [0, 0.1) is 22.7 Å². The average Bonchev–Trinajstić information content (AvgIpc) is 4.21. The molecule has 0 spiro atoms. The molecule has 4 aromatic heterocycles. The molecule has 384 valence electrons. The fourth-order valence-corrected chi connectivity index (χ4v) is 10.4. The molecular weight excluding hydrogens is 965 g/mol. The Hall–Kier alpha value is -6.03. The minimum absolute atomic E-state index is 0. The van der Waals surface area contributed by atoms with Gasteiger partial charge in [0.15, 0.2) is 0 Å². The largest absolute Gasteiger partial charge is 0.399 e. The Bertz CT molecular complexity index is 3010. The quantitative estimate of drug-likeness (QED) is 0.106. The number of rotatable bonds is 9. The predicted octanol–water partition coefficient (Wildman–Crippen LogP) is 7.45. The molecular formula is C52H70N14O3S3. The van der Waals surface area contributed by atoms with Gasteiger partial charge < -0.3 is 30.7 Å². The first-order chi connectivity index (χ1) is 33.3. The van der Waals surface area contributed by atoms with Crippen molar-refractivity contribution in [1.82, 2.24) is 38.9 Å². The number of nitrogens with zero attached hydrogens (tertiary/aromatic N) is 12. The lowest BCUT2D eigenvalue weighted by atomic mass is 10.2. The molecule has 2 aliphatic heterocycles. The molecule has 4 fully saturated rings. The number of benzene rings is 2. The molecule has 4 aliphatic rings. The number of anilines is 5. The maximum Gasteiger partial charge on any atom is 0.270 e. The number of fused-ring (bicyclic) bond motifs is 2. The Morgan fingerprint density at radius 3 is 1.51 bits per heavy atom. The third kappa shape index (κ3) is 12.9. The van der Waals surface area contributed by atoms with Gasteiger partial charge in [-0.2, -0.15) is 42.5 Å². The molecule has 6 aromatic rings. The molecule has 3 atom stereocenters. The number of nitriles is 2. The van der Waals surface area contributed by atoms with Crippen molar-refractivity contribution >= 4 is 88.6 Å². The highest BCUT2D eigenvalue weighted by Gasteiger charge is 2.27. The van der Waals surface area contributed by atoms with E-state index in [0.717, 1.165) is 88.9 Å². The van der Waals surface area contributed by atoms with Crippen molar-refractivity contribution < 1.29 is 4.21 Å². The van der Waals surface area contributed by atoms with E-state index in [0.29, 0.717) is 40.1 Å². The highest BCUT2D eigenvalue weighted by molar-refractivity contribution is 7.84. The van der Waals surface area contributed by atoms with Gasteiger partial charge in [0.2, 0.25) is 11.1 Å². The number of nitrogens with two attached hydrogens (primary N) is 1. The monoisotopic (exact) mass is 1030 g/mol. The fraction of sp³-hybridized carbons (Fsp3) is 0.462. The first-order valence-corrected chi connectivity index (χ1v) is 25.4. The molecule has 2 aromatic carbocycles. The normalized spacial score (nSPS) is 18.0. The van der Waals surface area contributed by atoms with E-state index < -0.39 is 10.8 Å². The molecule has 0 amide bonds. The minimum atomic E-state index is -1.31. The van der Waals surface area contributed by atoms with Gasteiger partial charge in [-0.15, -0.1) is 0 Å². The first-order valence-electron chi connectivity index (χ1n) is 23.9. The van der Waals surface area contributed by atoms with E-state index >= 15 is 0 Å². The molecule has 2 saturated carbocycles. The van der Waals surface area contributed by atoms with E-state index in [1.807, 2.05) is 36.4 Å². The molecule has 0 radical (unpaired) electrons. The second-order valence-corrected chi connectivity index (χ2v) is 20.2. The Morgan fingerprint density at radius 2 is 1.10 bits per heavy atom. The second kappa shape index (κ2) is 25.6. The van der Waals surface area contributed by atoms with E-state index in [1.54, 1.807) is 21.4 Å². The molecule has 10 rings (SSSR count). The molecule has 2 saturated heterocycles. The van der Waals surface area contributed by atoms with Crippen molar-refractivity contribution in [2.75, 3.05) is 81.5 Å². The lowest BCUT2D eigenvalue weighted by Gasteiger charge is -2.22. The Balaban J connectivity index is 0.000000213. The van der Waals surface area contributed by atoms with Crippen molar-refractivity contribution in [3.63, 3.8) is 0 Å². The number of nitrogens with one attached hydrogen (secondary N) is 1. The lowest BCUT2D eigenvalue weighted by Crippen LogP contribution is -2.31. The zero-order valence-electron chi connectivity index (χ0n) is 41.2. The summed E-state index contributed by atoms with van der Waals surface area (Å²) in [7, 11) is 7.26. The standard InChI is InChI=1S/C25H29N7O.C14H14N4O2S.C12H19N3.CH4.2H2S/c1-30(2)22-11-12-31(16-22)20-9-7-19(8-10-20)28-25-27-15-18-13-17(14-26)24(33)32(23(18)29-25)21-5-3-4-6-21;1-21(20)14-16-8-10-6-9(7-15)13(19)18(12(10)17-14)11-4-2-3-5-11;1-14(2)12-7-8-15(9-12)11-5-3-10(13)4-6-11;;;/h7-10,13,15,21-22H,3-6,11-12,16H2,1-2H3,(H,27,28,29);6,8,11H,2-5H2,1H3;3-6,12H,7-9,13H2,1-2H3;1H4;2*1H2/t22-;;12-;;;/m0.0.../s1. The van der Waals surface area contributed by atoms with Crippen LogP contribution < -0.4 is 32.0 Å². The summed E-state index contributed by atoms with van der Waals surface area (Å²) in [6, 6.07) is 25.0. The van der Waals surface area contributed by atoms with Gasteiger partial charge in [0.05, 0.1) is 10.8 Å². The van der Waals surface area contributed by atoms with E-state index in [4.69, 9.17) is 16.0 Å². The van der Waals surface area contributed by atoms with E-state index in [-0.39, 0.29) is 73.9 Å². The van der Waals surface area contributed by atoms with Gasteiger partial charge in [-0.25, -0.2) is 15.0 Å². The summed E-state index contributed by atoms with van der Waals surface area (Å²) in [6.07, 6.45) is 15.1. The summed E-state index contributed by atoms with van der Waals surface area (Å²) >= 11 is 0. The molecule has 72 heavy (non-hydrogen) atoms. The van der Waals surface area contributed by atoms with Crippen LogP contribution in [0.15, 0.2) is 87.8 Å². The van der Waals surface area contributed by atoms with Crippen molar-refractivity contribution in [3.05, 3.63) is 105 Å². The van der Waals surface area contributed by atoms with Crippen molar-refractivity contribution in [2.24, 2.45) is 0 Å². The molecule has 17 nitrogen and oxygen atoms in total. The summed E-state index contributed by atoms with van der Waals surface area (Å²) in [5.41, 5.74) is 10.6. The highest BCUT2D eigenvalue weighted by Crippen LogP contribution is 2.33. The molecule has 20 heteroatoms. The van der Waals surface area contributed by atoms with Crippen LogP contribution in [0.3, 0.4) is 0 Å². The molecule has 1 unspecified atom stereocenters. The number of hydrogen-bond acceptors (Lipinski definition) is 15. The van der Waals surface area contributed by atoms with Crippen molar-refractivity contribution in [1.29, 1.82) is 10.5 Å². The molecule has 0 bridgehead atoms. The Morgan fingerprint density at radius 1 is 0.667 bits per heavy atom. The number of nitrogen functional groups attached to an aromatic ring is 1. The van der Waals surface area contributed by atoms with Crippen molar-refractivity contribution in [3.8, 4) is 12.1 Å². The van der Waals surface area contributed by atoms with Crippen LogP contribution in [0.4, 0.5) is 28.7 Å². The van der Waals surface area contributed by atoms with E-state index in [2.05, 4.69) is 92.3 Å². The molecule has 2 aliphatic carbocycles. The number of likely N-dealkylation sites (N-methyl/N-ethyl adjacent to an activating group) is 2. The summed E-state index contributed by atoms with van der Waals surface area (Å²) in [6.45, 7) is 4.37. The van der Waals surface area contributed by atoms with Crippen LogP contribution in [-0.2, 0) is 10.8 Å². The molecule has 3 N–H and O–H groups in total. The smallest absolute Gasteiger partial charge is 0.270 e. The SMILES string of the molecule is C.CN(C)[C@H]1CCN(c2ccc(N)cc2)C1.CN(C)[C@H]1CCN(c2ccc(Nc3ncc4cc(C#N)c(=O)n(C5CCCC5)c4n3)cc2)C1.CS(=O)c1ncc2cc(C#N)c(=O)n(C3CCCC3)c2n1.S.S. The lowest BCUT2D eigenvalue weighted by molar-refractivity contribution is 0.315. The summed E-state index contributed by atoms with van der Waals surface area (Å²) in [5.74, 6) is 0.444. The Kier molecular flexibility index (Phi) is 20.2. The fourth-order valence-electron chi connectivity index (χ4n) is 9.95. The van der Waals surface area contributed by atoms with Crippen LogP contribution in [0.25, 0.3) is 22.1 Å². The van der Waals surface area contributed by atoms with Crippen LogP contribution >= 0.6 is 27.0 Å². The van der Waals surface area contributed by atoms with Gasteiger partial charge in [-0.3, -0.25) is 22.9 Å². The minimum Gasteiger partial charge on any atom is -0.399 e. The van der Waals surface area contributed by atoms with Crippen LogP contribution in [-0.4, -0.2) is 116 Å². The zero-order chi connectivity index (χ0) is 48.8. The summed E-state index contributed by atoms with van der Waals surface area (Å²) in [5, 5.41) is 23.4. The van der Waals surface area contributed by atoms with Gasteiger partial charge in [0.25, 0.3) is 11.1 Å². The zero-order valence-corrected chi connectivity index (χ0v) is 44.0. The van der Waals surface area contributed by atoms with Gasteiger partial charge >= 0.3 is 0 Å². The third-order valence-corrected chi connectivity index (χ3v) is 14.6. The maximum atomic E-state index is 13.0. The summed E-state index contributed by atoms with van der Waals surface area (Å²) < 4.78 is 14.9. The average molecular weight is 1040 g/mol. The first kappa shape index (κ1) is 56.9. The number of hydrogen-bond donors (Lipinski definition) is 2. The van der Waals surface area contributed by atoms with Crippen molar-refractivity contribution in [2.45, 2.75) is 101 Å². The maximum absolute atomic E-state index is 13.0. The predicted molar refractivity (Wildman–Crippen MR) is 301 cm³/mol. The van der Waals surface area contributed by atoms with E-state index in [1.165, 1.54) is 42.7 Å². The Labute approximate surface area is 439 Å². The van der Waals surface area contributed by atoms with Crippen LogP contribution in [0.5, 0.6) is 0 Å². The van der Waals surface area contributed by atoms with E-state index in [9.17, 15) is 19.1 Å². The highest BCUT2D eigenvalue weighted by atomic mass is 32.2. The second-order valence-electron chi connectivity index (χ2n) is 18.9.